The smallest absolute Gasteiger partial charge is 0.307 e. The number of carboxylic acids is 1. The lowest BCUT2D eigenvalue weighted by Gasteiger charge is -2.13. The highest BCUT2D eigenvalue weighted by Gasteiger charge is 2.16. The fourth-order valence-corrected chi connectivity index (χ4v) is 1.89. The van der Waals surface area contributed by atoms with Crippen molar-refractivity contribution in [3.8, 4) is 0 Å². The number of hydrogen-bond acceptors (Lipinski definition) is 3. The molecule has 1 unspecified atom stereocenters. The molecule has 0 aromatic heterocycles. The minimum atomic E-state index is -0.705. The molecule has 0 aliphatic rings. The third kappa shape index (κ3) is 12.2. The van der Waals surface area contributed by atoms with Gasteiger partial charge in [-0.1, -0.05) is 20.8 Å². The van der Waals surface area contributed by atoms with Crippen LogP contribution in [-0.4, -0.2) is 37.4 Å². The highest BCUT2D eigenvalue weighted by molar-refractivity contribution is 5.70. The molecular weight excluding hydrogens is 242 g/mol. The van der Waals surface area contributed by atoms with E-state index in [2.05, 4.69) is 26.1 Å². The van der Waals surface area contributed by atoms with E-state index in [9.17, 15) is 4.79 Å². The predicted octanol–water partition coefficient (Wildman–Crippen LogP) is 2.92. The third-order valence-corrected chi connectivity index (χ3v) is 3.08. The fraction of sp³-hybridized carbons (Fsp3) is 0.933. The van der Waals surface area contributed by atoms with E-state index in [1.54, 1.807) is 0 Å². The summed E-state index contributed by atoms with van der Waals surface area (Å²) in [7, 11) is 0. The van der Waals surface area contributed by atoms with Gasteiger partial charge in [0.05, 0.1) is 5.92 Å². The normalized spacial score (nSPS) is 12.8. The Labute approximate surface area is 117 Å². The molecule has 0 radical (unpaired) electrons. The van der Waals surface area contributed by atoms with Crippen LogP contribution in [-0.2, 0) is 9.53 Å². The third-order valence-electron chi connectivity index (χ3n) is 3.08. The molecule has 4 nitrogen and oxygen atoms in total. The number of carboxylic acid groups (broad SMARTS) is 1. The summed E-state index contributed by atoms with van der Waals surface area (Å²) in [5.74, 6) is -0.265. The van der Waals surface area contributed by atoms with Crippen LogP contribution in [0.25, 0.3) is 0 Å². The van der Waals surface area contributed by atoms with E-state index in [4.69, 9.17) is 9.84 Å². The highest BCUT2D eigenvalue weighted by atomic mass is 16.5. The molecule has 0 aromatic carbocycles. The minimum Gasteiger partial charge on any atom is -0.481 e. The van der Waals surface area contributed by atoms with Crippen molar-refractivity contribution >= 4 is 5.97 Å². The molecule has 0 amide bonds. The lowest BCUT2D eigenvalue weighted by molar-refractivity contribution is -0.141. The van der Waals surface area contributed by atoms with Crippen molar-refractivity contribution in [3.63, 3.8) is 0 Å². The highest BCUT2D eigenvalue weighted by Crippen LogP contribution is 2.07. The lowest BCUT2D eigenvalue weighted by atomic mass is 10.0. The van der Waals surface area contributed by atoms with Gasteiger partial charge in [-0.25, -0.2) is 0 Å². The summed E-state index contributed by atoms with van der Waals surface area (Å²) < 4.78 is 5.53. The Morgan fingerprint density at radius 2 is 1.84 bits per heavy atom. The number of ether oxygens (including phenoxy) is 1. The molecule has 0 aliphatic carbocycles. The maximum atomic E-state index is 11.1. The first-order valence-corrected chi connectivity index (χ1v) is 7.59. The fourth-order valence-electron chi connectivity index (χ4n) is 1.89. The van der Waals surface area contributed by atoms with E-state index >= 15 is 0 Å². The zero-order valence-corrected chi connectivity index (χ0v) is 12.8. The Bertz CT molecular complexity index is 219. The number of carbonyl (C=O) groups is 1. The zero-order chi connectivity index (χ0) is 14.5. The van der Waals surface area contributed by atoms with Gasteiger partial charge in [0.25, 0.3) is 0 Å². The van der Waals surface area contributed by atoms with Gasteiger partial charge in [-0.15, -0.1) is 0 Å². The molecule has 0 fully saturated rings. The first kappa shape index (κ1) is 18.4. The van der Waals surface area contributed by atoms with Crippen LogP contribution in [0.3, 0.4) is 0 Å². The summed E-state index contributed by atoms with van der Waals surface area (Å²) in [5.41, 5.74) is 0. The van der Waals surface area contributed by atoms with Crippen LogP contribution in [0.15, 0.2) is 0 Å². The van der Waals surface area contributed by atoms with Crippen LogP contribution >= 0.6 is 0 Å². The van der Waals surface area contributed by atoms with Gasteiger partial charge in [-0.3, -0.25) is 4.79 Å². The average molecular weight is 273 g/mol. The molecule has 4 heteroatoms. The first-order valence-electron chi connectivity index (χ1n) is 7.59. The number of hydrogen-bond donors (Lipinski definition) is 2. The van der Waals surface area contributed by atoms with Crippen molar-refractivity contribution in [3.05, 3.63) is 0 Å². The van der Waals surface area contributed by atoms with Crippen LogP contribution < -0.4 is 5.32 Å². The Balaban J connectivity index is 3.50. The molecule has 0 saturated carbocycles. The van der Waals surface area contributed by atoms with Gasteiger partial charge in [-0.2, -0.15) is 0 Å². The van der Waals surface area contributed by atoms with Gasteiger partial charge in [0.2, 0.25) is 0 Å². The second-order valence-corrected chi connectivity index (χ2v) is 5.53. The molecule has 1 atom stereocenters. The molecule has 0 heterocycles. The Hall–Kier alpha value is -0.610. The van der Waals surface area contributed by atoms with Crippen LogP contribution in [0.2, 0.25) is 0 Å². The number of nitrogens with one attached hydrogen (secondary N) is 1. The molecular formula is C15H31NO3. The molecule has 0 aromatic rings. The molecule has 0 aliphatic heterocycles. The van der Waals surface area contributed by atoms with Crippen molar-refractivity contribution in [2.75, 3.05) is 26.3 Å². The Morgan fingerprint density at radius 3 is 2.37 bits per heavy atom. The summed E-state index contributed by atoms with van der Waals surface area (Å²) in [6.07, 6.45) is 4.84. The van der Waals surface area contributed by atoms with E-state index < -0.39 is 5.97 Å². The van der Waals surface area contributed by atoms with E-state index in [1.165, 1.54) is 6.42 Å². The van der Waals surface area contributed by atoms with E-state index in [-0.39, 0.29) is 5.92 Å². The average Bonchev–Trinajstić information content (AvgIpc) is 2.34. The molecule has 0 rings (SSSR count). The lowest BCUT2D eigenvalue weighted by Crippen LogP contribution is -2.29. The zero-order valence-electron chi connectivity index (χ0n) is 12.8. The Morgan fingerprint density at radius 1 is 1.21 bits per heavy atom. The molecule has 114 valence electrons. The van der Waals surface area contributed by atoms with Crippen molar-refractivity contribution in [2.45, 2.75) is 52.9 Å². The number of rotatable bonds is 13. The van der Waals surface area contributed by atoms with Gasteiger partial charge >= 0.3 is 5.97 Å². The van der Waals surface area contributed by atoms with E-state index in [0.29, 0.717) is 19.6 Å². The summed E-state index contributed by atoms with van der Waals surface area (Å²) >= 11 is 0. The quantitative estimate of drug-likeness (QED) is 0.507. The summed E-state index contributed by atoms with van der Waals surface area (Å²) in [4.78, 5) is 11.1. The number of aliphatic carboxylic acids is 1. The van der Waals surface area contributed by atoms with Crippen molar-refractivity contribution < 1.29 is 14.6 Å². The monoisotopic (exact) mass is 273 g/mol. The maximum absolute atomic E-state index is 11.1. The maximum Gasteiger partial charge on any atom is 0.307 e. The SMILES string of the molecule is CCCNCC(CCCOCCCC(C)C)C(=O)O. The second kappa shape index (κ2) is 12.4. The van der Waals surface area contributed by atoms with Gasteiger partial charge in [0, 0.05) is 19.8 Å². The van der Waals surface area contributed by atoms with Crippen LogP contribution in [0.5, 0.6) is 0 Å². The van der Waals surface area contributed by atoms with Crippen LogP contribution in [0, 0.1) is 11.8 Å². The summed E-state index contributed by atoms with van der Waals surface area (Å²) in [5, 5.41) is 12.3. The van der Waals surface area contributed by atoms with Gasteiger partial charge in [-0.05, 0) is 44.6 Å². The predicted molar refractivity (Wildman–Crippen MR) is 78.4 cm³/mol. The van der Waals surface area contributed by atoms with Crippen LogP contribution in [0.1, 0.15) is 52.9 Å². The molecule has 19 heavy (non-hydrogen) atoms. The molecule has 2 N–H and O–H groups in total. The van der Waals surface area contributed by atoms with Crippen LogP contribution in [0.4, 0.5) is 0 Å². The van der Waals surface area contributed by atoms with Crippen molar-refractivity contribution in [2.24, 2.45) is 11.8 Å². The summed E-state index contributed by atoms with van der Waals surface area (Å²) in [6, 6.07) is 0. The van der Waals surface area contributed by atoms with Gasteiger partial charge in [0.15, 0.2) is 0 Å². The van der Waals surface area contributed by atoms with E-state index in [1.807, 2.05) is 0 Å². The second-order valence-electron chi connectivity index (χ2n) is 5.53. The molecule has 0 saturated heterocycles. The molecule has 0 bridgehead atoms. The van der Waals surface area contributed by atoms with Gasteiger partial charge < -0.3 is 15.2 Å². The van der Waals surface area contributed by atoms with Crippen molar-refractivity contribution in [1.29, 1.82) is 0 Å². The Kier molecular flexibility index (Phi) is 12.0. The summed E-state index contributed by atoms with van der Waals surface area (Å²) in [6.45, 7) is 9.42. The topological polar surface area (TPSA) is 58.6 Å². The standard InChI is InChI=1S/C15H31NO3/c1-4-9-16-12-14(15(17)18)8-6-11-19-10-5-7-13(2)3/h13-14,16H,4-12H2,1-3H3,(H,17,18). The minimum absolute atomic E-state index is 0.286. The van der Waals surface area contributed by atoms with E-state index in [0.717, 1.165) is 38.3 Å². The first-order chi connectivity index (χ1) is 9.07. The molecule has 0 spiro atoms. The largest absolute Gasteiger partial charge is 0.481 e. The van der Waals surface area contributed by atoms with Gasteiger partial charge in [0.1, 0.15) is 0 Å². The van der Waals surface area contributed by atoms with Crippen molar-refractivity contribution in [1.82, 2.24) is 5.32 Å².